The van der Waals surface area contributed by atoms with E-state index in [0.29, 0.717) is 36.3 Å². The highest BCUT2D eigenvalue weighted by atomic mass is 19.4. The molecular formula is C25H30F3NO3. The second kappa shape index (κ2) is 9.04. The van der Waals surface area contributed by atoms with Crippen LogP contribution in [-0.2, 0) is 30.4 Å². The largest absolute Gasteiger partial charge is 0.489 e. The molecule has 0 spiro atoms. The normalized spacial score (nSPS) is 14.0. The first-order valence-corrected chi connectivity index (χ1v) is 10.8. The maximum atomic E-state index is 13.5. The molecule has 1 amide bonds. The smallest absolute Gasteiger partial charge is 0.416 e. The van der Waals surface area contributed by atoms with Gasteiger partial charge in [-0.05, 0) is 80.5 Å². The summed E-state index contributed by atoms with van der Waals surface area (Å²) in [5.41, 5.74) is 1.29. The third-order valence-corrected chi connectivity index (χ3v) is 5.07. The minimum Gasteiger partial charge on any atom is -0.489 e. The quantitative estimate of drug-likeness (QED) is 0.505. The van der Waals surface area contributed by atoms with E-state index in [9.17, 15) is 18.0 Å². The van der Waals surface area contributed by atoms with Crippen molar-refractivity contribution >= 4 is 11.8 Å². The fourth-order valence-corrected chi connectivity index (χ4v) is 3.74. The summed E-state index contributed by atoms with van der Waals surface area (Å²) in [6.07, 6.45) is -3.77. The molecule has 7 heteroatoms. The minimum absolute atomic E-state index is 0.0274. The number of amides is 1. The van der Waals surface area contributed by atoms with Gasteiger partial charge in [0, 0.05) is 6.54 Å². The number of nitrogens with zero attached hydrogens (tertiary/aromatic N) is 1. The fraction of sp³-hybridized carbons (Fsp3) is 0.480. The molecule has 1 aliphatic rings. The maximum Gasteiger partial charge on any atom is 0.416 e. The summed E-state index contributed by atoms with van der Waals surface area (Å²) in [6, 6.07) is 9.74. The van der Waals surface area contributed by atoms with Gasteiger partial charge in [-0.15, -0.1) is 0 Å². The van der Waals surface area contributed by atoms with Crippen LogP contribution in [0.25, 0.3) is 0 Å². The van der Waals surface area contributed by atoms with Gasteiger partial charge >= 0.3 is 12.3 Å². The number of rotatable bonds is 5. The molecular weight excluding hydrogens is 419 g/mol. The van der Waals surface area contributed by atoms with E-state index in [1.165, 1.54) is 6.07 Å². The Balaban J connectivity index is 1.71. The van der Waals surface area contributed by atoms with E-state index >= 15 is 0 Å². The molecule has 3 rings (SSSR count). The van der Waals surface area contributed by atoms with E-state index in [-0.39, 0.29) is 12.5 Å². The Hall–Kier alpha value is -2.70. The maximum absolute atomic E-state index is 13.5. The van der Waals surface area contributed by atoms with Crippen LogP contribution < -0.4 is 9.64 Å². The van der Waals surface area contributed by atoms with E-state index in [1.54, 1.807) is 29.2 Å². The van der Waals surface area contributed by atoms with Crippen molar-refractivity contribution in [2.75, 3.05) is 11.4 Å². The molecule has 1 heterocycles. The van der Waals surface area contributed by atoms with Crippen LogP contribution in [0.3, 0.4) is 0 Å². The van der Waals surface area contributed by atoms with Crippen molar-refractivity contribution in [2.24, 2.45) is 5.92 Å². The molecule has 0 atom stereocenters. The van der Waals surface area contributed by atoms with Crippen LogP contribution in [0.2, 0.25) is 0 Å². The van der Waals surface area contributed by atoms with Crippen LogP contribution >= 0.6 is 0 Å². The summed E-state index contributed by atoms with van der Waals surface area (Å²) in [5, 5.41) is 0. The third kappa shape index (κ3) is 5.96. The summed E-state index contributed by atoms with van der Waals surface area (Å²) in [4.78, 5) is 14.0. The van der Waals surface area contributed by atoms with E-state index in [1.807, 2.05) is 40.7 Å². The number of hydrogen-bond donors (Lipinski definition) is 0. The molecule has 2 aromatic rings. The zero-order chi connectivity index (χ0) is 23.7. The predicted octanol–water partition coefficient (Wildman–Crippen LogP) is 6.78. The first-order chi connectivity index (χ1) is 14.8. The Kier molecular flexibility index (Phi) is 6.77. The topological polar surface area (TPSA) is 38.8 Å². The average molecular weight is 450 g/mol. The summed E-state index contributed by atoms with van der Waals surface area (Å²) in [7, 11) is 0. The van der Waals surface area contributed by atoms with Gasteiger partial charge in [-0.25, -0.2) is 4.79 Å². The number of carbonyl (C=O) groups excluding carboxylic acids is 1. The van der Waals surface area contributed by atoms with E-state index in [2.05, 4.69) is 0 Å². The van der Waals surface area contributed by atoms with Crippen molar-refractivity contribution in [3.8, 4) is 5.75 Å². The number of halogens is 3. The molecule has 0 unspecified atom stereocenters. The standard InChI is InChI=1S/C25H30F3NO3/c1-16(2)12-18-7-6-17(13-21(18)25(26,27)28)15-31-20-8-9-22-19(14-20)10-11-29(22)23(30)32-24(3,4)5/h6-9,13-14,16H,10-12,15H2,1-5H3. The first-order valence-electron chi connectivity index (χ1n) is 10.8. The summed E-state index contributed by atoms with van der Waals surface area (Å²) >= 11 is 0. The van der Waals surface area contributed by atoms with E-state index in [4.69, 9.17) is 9.47 Å². The highest BCUT2D eigenvalue weighted by Gasteiger charge is 2.33. The van der Waals surface area contributed by atoms with Crippen LogP contribution in [0, 0.1) is 5.92 Å². The molecule has 0 aromatic heterocycles. The van der Waals surface area contributed by atoms with Crippen molar-refractivity contribution in [1.82, 2.24) is 0 Å². The zero-order valence-corrected chi connectivity index (χ0v) is 19.2. The predicted molar refractivity (Wildman–Crippen MR) is 118 cm³/mol. The van der Waals surface area contributed by atoms with E-state index < -0.39 is 23.4 Å². The van der Waals surface area contributed by atoms with Gasteiger partial charge < -0.3 is 9.47 Å². The minimum atomic E-state index is -4.40. The Morgan fingerprint density at radius 1 is 1.09 bits per heavy atom. The van der Waals surface area contributed by atoms with Gasteiger partial charge in [0.2, 0.25) is 0 Å². The molecule has 0 radical (unpaired) electrons. The van der Waals surface area contributed by atoms with Gasteiger partial charge in [-0.2, -0.15) is 13.2 Å². The number of anilines is 1. The van der Waals surface area contributed by atoms with Gasteiger partial charge in [-0.1, -0.05) is 26.0 Å². The van der Waals surface area contributed by atoms with Crippen molar-refractivity contribution in [3.05, 3.63) is 58.7 Å². The molecule has 0 saturated carbocycles. The lowest BCUT2D eigenvalue weighted by atomic mass is 9.96. The second-order valence-electron chi connectivity index (χ2n) is 9.55. The van der Waals surface area contributed by atoms with Crippen molar-refractivity contribution in [2.45, 2.75) is 65.8 Å². The van der Waals surface area contributed by atoms with Crippen molar-refractivity contribution < 1.29 is 27.4 Å². The lowest BCUT2D eigenvalue weighted by molar-refractivity contribution is -0.138. The highest BCUT2D eigenvalue weighted by Crippen LogP contribution is 2.35. The molecule has 1 aliphatic heterocycles. The second-order valence-corrected chi connectivity index (χ2v) is 9.55. The monoisotopic (exact) mass is 449 g/mol. The summed E-state index contributed by atoms with van der Waals surface area (Å²) in [5.74, 6) is 0.680. The molecule has 2 aromatic carbocycles. The van der Waals surface area contributed by atoms with Gasteiger partial charge in [0.15, 0.2) is 0 Å². The lowest BCUT2D eigenvalue weighted by Gasteiger charge is -2.24. The molecule has 0 fully saturated rings. The molecule has 0 aliphatic carbocycles. The number of carbonyl (C=O) groups is 1. The molecule has 0 bridgehead atoms. The van der Waals surface area contributed by atoms with Crippen molar-refractivity contribution in [3.63, 3.8) is 0 Å². The third-order valence-electron chi connectivity index (χ3n) is 5.07. The Bertz CT molecular complexity index is 977. The van der Waals surface area contributed by atoms with Gasteiger partial charge in [0.05, 0.1) is 11.3 Å². The Morgan fingerprint density at radius 2 is 1.81 bits per heavy atom. The SMILES string of the molecule is CC(C)Cc1ccc(COc2ccc3c(c2)CCN3C(=O)OC(C)(C)C)cc1C(F)(F)F. The van der Waals surface area contributed by atoms with Gasteiger partial charge in [-0.3, -0.25) is 4.90 Å². The Morgan fingerprint density at radius 3 is 2.44 bits per heavy atom. The van der Waals surface area contributed by atoms with Gasteiger partial charge in [0.25, 0.3) is 0 Å². The van der Waals surface area contributed by atoms with Crippen LogP contribution in [0.1, 0.15) is 56.9 Å². The summed E-state index contributed by atoms with van der Waals surface area (Å²) in [6.45, 7) is 9.79. The summed E-state index contributed by atoms with van der Waals surface area (Å²) < 4.78 is 51.8. The molecule has 0 N–H and O–H groups in total. The number of fused-ring (bicyclic) bond motifs is 1. The number of ether oxygens (including phenoxy) is 2. The first kappa shape index (κ1) is 24.0. The van der Waals surface area contributed by atoms with E-state index in [0.717, 1.165) is 11.3 Å². The zero-order valence-electron chi connectivity index (χ0n) is 19.2. The van der Waals surface area contributed by atoms with Gasteiger partial charge in [0.1, 0.15) is 18.0 Å². The van der Waals surface area contributed by atoms with Crippen molar-refractivity contribution in [1.29, 1.82) is 0 Å². The lowest BCUT2D eigenvalue weighted by Crippen LogP contribution is -2.35. The highest BCUT2D eigenvalue weighted by molar-refractivity contribution is 5.90. The van der Waals surface area contributed by atoms with Crippen LogP contribution in [0.5, 0.6) is 5.75 Å². The molecule has 174 valence electrons. The molecule has 32 heavy (non-hydrogen) atoms. The van der Waals surface area contributed by atoms with Crippen LogP contribution in [0.4, 0.5) is 23.7 Å². The number of alkyl halides is 3. The molecule has 4 nitrogen and oxygen atoms in total. The average Bonchev–Trinajstić information content (AvgIpc) is 3.08. The van der Waals surface area contributed by atoms with Crippen LogP contribution in [-0.4, -0.2) is 18.2 Å². The number of hydrogen-bond acceptors (Lipinski definition) is 3. The fourth-order valence-electron chi connectivity index (χ4n) is 3.74. The molecule has 0 saturated heterocycles. The number of benzene rings is 2. The Labute approximate surface area is 187 Å². The van der Waals surface area contributed by atoms with Crippen LogP contribution in [0.15, 0.2) is 36.4 Å².